The molecule has 2 heterocycles. The number of nitrogens with one attached hydrogen (secondary N) is 1. The zero-order valence-corrected chi connectivity index (χ0v) is 12.2. The second-order valence-corrected chi connectivity index (χ2v) is 5.12. The third-order valence-electron chi connectivity index (χ3n) is 3.62. The van der Waals surface area contributed by atoms with Gasteiger partial charge >= 0.3 is 6.01 Å². The summed E-state index contributed by atoms with van der Waals surface area (Å²) in [5, 5.41) is 7.21. The molecule has 0 radical (unpaired) electrons. The van der Waals surface area contributed by atoms with Crippen LogP contribution in [0, 0.1) is 6.92 Å². The van der Waals surface area contributed by atoms with Crippen LogP contribution in [0.15, 0.2) is 28.8 Å². The highest BCUT2D eigenvalue weighted by atomic mass is 16.5. The molecule has 1 aliphatic heterocycles. The van der Waals surface area contributed by atoms with E-state index in [0.717, 1.165) is 50.5 Å². The molecule has 6 heteroatoms. The van der Waals surface area contributed by atoms with E-state index in [1.54, 1.807) is 0 Å². The van der Waals surface area contributed by atoms with Crippen LogP contribution in [0.3, 0.4) is 0 Å². The summed E-state index contributed by atoms with van der Waals surface area (Å²) < 4.78 is 10.6. The number of benzene rings is 1. The van der Waals surface area contributed by atoms with Crippen molar-refractivity contribution in [1.29, 1.82) is 0 Å². The van der Waals surface area contributed by atoms with E-state index in [1.165, 1.54) is 0 Å². The first-order chi connectivity index (χ1) is 10.3. The molecule has 0 unspecified atom stereocenters. The average Bonchev–Trinajstić information content (AvgIpc) is 2.97. The van der Waals surface area contributed by atoms with E-state index in [2.05, 4.69) is 20.4 Å². The van der Waals surface area contributed by atoms with Crippen molar-refractivity contribution >= 4 is 6.01 Å². The fourth-order valence-electron chi connectivity index (χ4n) is 2.37. The summed E-state index contributed by atoms with van der Waals surface area (Å²) in [6.45, 7) is 7.38. The van der Waals surface area contributed by atoms with Crippen LogP contribution in [0.25, 0.3) is 11.4 Å². The number of nitrogens with zero attached hydrogens (tertiary/aromatic N) is 3. The topological polar surface area (TPSA) is 63.4 Å². The molecule has 112 valence electrons. The number of aryl methyl sites for hydroxylation is 1. The number of morpholine rings is 1. The molecule has 6 nitrogen and oxygen atoms in total. The van der Waals surface area contributed by atoms with Gasteiger partial charge in [-0.05, 0) is 12.5 Å². The third-order valence-corrected chi connectivity index (χ3v) is 3.62. The highest BCUT2D eigenvalue weighted by Crippen LogP contribution is 2.20. The maximum atomic E-state index is 5.32. The Hall–Kier alpha value is -1.92. The molecule has 1 N–H and O–H groups in total. The molecule has 1 saturated heterocycles. The van der Waals surface area contributed by atoms with Crippen molar-refractivity contribution in [2.24, 2.45) is 0 Å². The summed E-state index contributed by atoms with van der Waals surface area (Å²) in [6, 6.07) is 8.49. The van der Waals surface area contributed by atoms with E-state index in [-0.39, 0.29) is 0 Å². The average molecular weight is 288 g/mol. The number of ether oxygens (including phenoxy) is 1. The van der Waals surface area contributed by atoms with Crippen molar-refractivity contribution in [3.63, 3.8) is 0 Å². The van der Waals surface area contributed by atoms with Crippen LogP contribution in [0.5, 0.6) is 0 Å². The van der Waals surface area contributed by atoms with Crippen molar-refractivity contribution in [2.75, 3.05) is 44.7 Å². The molecule has 1 aliphatic rings. The van der Waals surface area contributed by atoms with Gasteiger partial charge in [0.25, 0.3) is 0 Å². The van der Waals surface area contributed by atoms with Gasteiger partial charge in [0, 0.05) is 31.7 Å². The summed E-state index contributed by atoms with van der Waals surface area (Å²) in [7, 11) is 0. The Morgan fingerprint density at radius 2 is 2.05 bits per heavy atom. The zero-order chi connectivity index (χ0) is 14.5. The van der Waals surface area contributed by atoms with Crippen molar-refractivity contribution in [3.8, 4) is 11.4 Å². The maximum Gasteiger partial charge on any atom is 0.321 e. The van der Waals surface area contributed by atoms with Gasteiger partial charge in [-0.3, -0.25) is 4.90 Å². The molecule has 1 aromatic heterocycles. The van der Waals surface area contributed by atoms with Crippen LogP contribution < -0.4 is 5.32 Å². The van der Waals surface area contributed by atoms with Crippen LogP contribution in [0.4, 0.5) is 6.01 Å². The van der Waals surface area contributed by atoms with Crippen LogP contribution in [0.1, 0.15) is 5.56 Å². The standard InChI is InChI=1S/C15H20N4O2/c1-12-4-2-3-5-13(12)14-17-15(21-18-14)16-6-7-19-8-10-20-11-9-19/h2-5H,6-11H2,1H3,(H,16,17,18). The van der Waals surface area contributed by atoms with Gasteiger partial charge in [-0.1, -0.05) is 29.4 Å². The van der Waals surface area contributed by atoms with Crippen LogP contribution >= 0.6 is 0 Å². The molecule has 3 rings (SSSR count). The second-order valence-electron chi connectivity index (χ2n) is 5.12. The highest BCUT2D eigenvalue weighted by Gasteiger charge is 2.12. The minimum Gasteiger partial charge on any atom is -0.379 e. The lowest BCUT2D eigenvalue weighted by molar-refractivity contribution is 0.0398. The van der Waals surface area contributed by atoms with Crippen molar-refractivity contribution in [3.05, 3.63) is 29.8 Å². The van der Waals surface area contributed by atoms with Gasteiger partial charge in [0.15, 0.2) is 0 Å². The van der Waals surface area contributed by atoms with Crippen molar-refractivity contribution in [2.45, 2.75) is 6.92 Å². The first kappa shape index (κ1) is 14.0. The summed E-state index contributed by atoms with van der Waals surface area (Å²) in [5.74, 6) is 0.627. The minimum atomic E-state index is 0.474. The van der Waals surface area contributed by atoms with E-state index in [0.29, 0.717) is 11.8 Å². The lowest BCUT2D eigenvalue weighted by Gasteiger charge is -2.26. The maximum absolute atomic E-state index is 5.32. The first-order valence-electron chi connectivity index (χ1n) is 7.26. The zero-order valence-electron chi connectivity index (χ0n) is 12.2. The van der Waals surface area contributed by atoms with Crippen molar-refractivity contribution < 1.29 is 9.26 Å². The molecule has 0 amide bonds. The van der Waals surface area contributed by atoms with E-state index in [9.17, 15) is 0 Å². The summed E-state index contributed by atoms with van der Waals surface area (Å²) >= 11 is 0. The van der Waals surface area contributed by atoms with Gasteiger partial charge in [0.1, 0.15) is 0 Å². The fourth-order valence-corrected chi connectivity index (χ4v) is 2.37. The first-order valence-corrected chi connectivity index (χ1v) is 7.26. The molecule has 0 saturated carbocycles. The Morgan fingerprint density at radius 1 is 1.24 bits per heavy atom. The van der Waals surface area contributed by atoms with E-state index in [4.69, 9.17) is 9.26 Å². The van der Waals surface area contributed by atoms with Gasteiger partial charge in [0.05, 0.1) is 13.2 Å². The smallest absolute Gasteiger partial charge is 0.321 e. The Labute approximate surface area is 124 Å². The Bertz CT molecular complexity index is 579. The number of hydrogen-bond donors (Lipinski definition) is 1. The second kappa shape index (κ2) is 6.69. The minimum absolute atomic E-state index is 0.474. The molecule has 1 aromatic carbocycles. The van der Waals surface area contributed by atoms with Gasteiger partial charge in [-0.25, -0.2) is 0 Å². The predicted octanol–water partition coefficient (Wildman–Crippen LogP) is 1.79. The molecule has 0 atom stereocenters. The third kappa shape index (κ3) is 3.59. The lowest BCUT2D eigenvalue weighted by atomic mass is 10.1. The van der Waals surface area contributed by atoms with Gasteiger partial charge in [-0.2, -0.15) is 4.98 Å². The van der Waals surface area contributed by atoms with Gasteiger partial charge in [0.2, 0.25) is 5.82 Å². The van der Waals surface area contributed by atoms with E-state index < -0.39 is 0 Å². The molecule has 0 aliphatic carbocycles. The van der Waals surface area contributed by atoms with Crippen LogP contribution in [-0.2, 0) is 4.74 Å². The summed E-state index contributed by atoms with van der Waals surface area (Å²) in [6.07, 6.45) is 0. The summed E-state index contributed by atoms with van der Waals surface area (Å²) in [5.41, 5.74) is 2.14. The lowest BCUT2D eigenvalue weighted by Crippen LogP contribution is -2.39. The quantitative estimate of drug-likeness (QED) is 0.905. The van der Waals surface area contributed by atoms with Gasteiger partial charge < -0.3 is 14.6 Å². The molecule has 0 spiro atoms. The Balaban J connectivity index is 1.54. The predicted molar refractivity (Wildman–Crippen MR) is 80.2 cm³/mol. The Kier molecular flexibility index (Phi) is 4.47. The number of rotatable bonds is 5. The van der Waals surface area contributed by atoms with Gasteiger partial charge in [-0.15, -0.1) is 0 Å². The summed E-state index contributed by atoms with van der Waals surface area (Å²) in [4.78, 5) is 6.75. The van der Waals surface area contributed by atoms with Crippen LogP contribution in [0.2, 0.25) is 0 Å². The Morgan fingerprint density at radius 3 is 2.86 bits per heavy atom. The molecule has 1 fully saturated rings. The molecular formula is C15H20N4O2. The molecule has 0 bridgehead atoms. The highest BCUT2D eigenvalue weighted by molar-refractivity contribution is 5.59. The monoisotopic (exact) mass is 288 g/mol. The SMILES string of the molecule is Cc1ccccc1-c1noc(NCCN2CCOCC2)n1. The normalized spacial score (nSPS) is 16.0. The van der Waals surface area contributed by atoms with Crippen molar-refractivity contribution in [1.82, 2.24) is 15.0 Å². The number of hydrogen-bond acceptors (Lipinski definition) is 6. The molecule has 21 heavy (non-hydrogen) atoms. The molecular weight excluding hydrogens is 268 g/mol. The molecule has 2 aromatic rings. The number of aromatic nitrogens is 2. The largest absolute Gasteiger partial charge is 0.379 e. The fraction of sp³-hybridized carbons (Fsp3) is 0.467. The van der Waals surface area contributed by atoms with Crippen LogP contribution in [-0.4, -0.2) is 54.4 Å². The van der Waals surface area contributed by atoms with E-state index in [1.807, 2.05) is 31.2 Å². The van der Waals surface area contributed by atoms with E-state index >= 15 is 0 Å². The number of anilines is 1.